The molecule has 0 atom stereocenters. The molecular formula is C15H9ClN4O5. The number of carbonyl (C=O) groups is 1. The first kappa shape index (κ1) is 17.8. The molecule has 10 heteroatoms. The predicted octanol–water partition coefficient (Wildman–Crippen LogP) is 3.21. The minimum atomic E-state index is -0.784. The molecule has 0 aliphatic rings. The monoisotopic (exact) mass is 360 g/mol. The highest BCUT2D eigenvalue weighted by Gasteiger charge is 2.21. The van der Waals surface area contributed by atoms with Gasteiger partial charge in [0.2, 0.25) is 5.91 Å². The van der Waals surface area contributed by atoms with Crippen molar-refractivity contribution in [3.8, 4) is 6.07 Å². The number of nitriles is 1. The molecule has 0 bridgehead atoms. The highest BCUT2D eigenvalue weighted by atomic mass is 35.5. The Kier molecular flexibility index (Phi) is 5.26. The Balaban J connectivity index is 2.20. The number of amides is 1. The molecule has 0 radical (unpaired) electrons. The molecule has 0 aliphatic heterocycles. The van der Waals surface area contributed by atoms with E-state index in [0.717, 1.165) is 12.1 Å². The second-order valence-electron chi connectivity index (χ2n) is 4.86. The van der Waals surface area contributed by atoms with Crippen LogP contribution in [0.5, 0.6) is 0 Å². The van der Waals surface area contributed by atoms with Crippen LogP contribution in [-0.2, 0) is 11.2 Å². The van der Waals surface area contributed by atoms with Gasteiger partial charge in [-0.1, -0.05) is 11.6 Å². The van der Waals surface area contributed by atoms with Gasteiger partial charge in [0.1, 0.15) is 6.07 Å². The largest absolute Gasteiger partial charge is 0.326 e. The zero-order valence-electron chi connectivity index (χ0n) is 12.4. The van der Waals surface area contributed by atoms with Gasteiger partial charge in [-0.15, -0.1) is 0 Å². The zero-order chi connectivity index (χ0) is 18.6. The van der Waals surface area contributed by atoms with Crippen molar-refractivity contribution in [2.24, 2.45) is 0 Å². The van der Waals surface area contributed by atoms with Crippen molar-refractivity contribution in [3.63, 3.8) is 0 Å². The maximum absolute atomic E-state index is 12.1. The minimum Gasteiger partial charge on any atom is -0.326 e. The highest BCUT2D eigenvalue weighted by molar-refractivity contribution is 6.32. The number of non-ortho nitro benzene ring substituents is 1. The average Bonchev–Trinajstić information content (AvgIpc) is 2.54. The lowest BCUT2D eigenvalue weighted by Gasteiger charge is -2.07. The number of nitro groups is 2. The van der Waals surface area contributed by atoms with Crippen LogP contribution in [0, 0.1) is 31.6 Å². The third-order valence-electron chi connectivity index (χ3n) is 3.20. The molecule has 0 aromatic heterocycles. The number of hydrogen-bond acceptors (Lipinski definition) is 6. The van der Waals surface area contributed by atoms with Crippen LogP contribution in [0.4, 0.5) is 17.1 Å². The number of carbonyl (C=O) groups excluding carboxylic acids is 1. The maximum Gasteiger partial charge on any atom is 0.279 e. The van der Waals surface area contributed by atoms with Crippen LogP contribution in [0.3, 0.4) is 0 Å². The number of nitrogens with one attached hydrogen (secondary N) is 1. The molecule has 2 aromatic rings. The molecule has 1 N–H and O–H groups in total. The van der Waals surface area contributed by atoms with Crippen LogP contribution >= 0.6 is 11.6 Å². The summed E-state index contributed by atoms with van der Waals surface area (Å²) in [6.45, 7) is 0. The topological polar surface area (TPSA) is 139 Å². The molecule has 0 aliphatic carbocycles. The number of nitro benzene ring substituents is 2. The molecule has 1 amide bonds. The first-order valence-electron chi connectivity index (χ1n) is 6.73. The summed E-state index contributed by atoms with van der Waals surface area (Å²) in [5, 5.41) is 33.2. The SMILES string of the molecule is N#Cc1ccc(NC(=O)Cc2ccc([N+](=O)[O-])cc2[N+](=O)[O-])cc1Cl. The Morgan fingerprint density at radius 3 is 2.44 bits per heavy atom. The van der Waals surface area contributed by atoms with Gasteiger partial charge in [0.05, 0.1) is 32.9 Å². The number of halogens is 1. The van der Waals surface area contributed by atoms with Gasteiger partial charge in [0, 0.05) is 17.3 Å². The fourth-order valence-corrected chi connectivity index (χ4v) is 2.27. The van der Waals surface area contributed by atoms with Gasteiger partial charge in [0.15, 0.2) is 0 Å². The van der Waals surface area contributed by atoms with E-state index in [1.807, 2.05) is 6.07 Å². The van der Waals surface area contributed by atoms with Crippen molar-refractivity contribution in [2.45, 2.75) is 6.42 Å². The van der Waals surface area contributed by atoms with E-state index in [2.05, 4.69) is 5.32 Å². The summed E-state index contributed by atoms with van der Waals surface area (Å²) in [5.74, 6) is -0.572. The lowest BCUT2D eigenvalue weighted by molar-refractivity contribution is -0.394. The van der Waals surface area contributed by atoms with E-state index in [9.17, 15) is 25.0 Å². The van der Waals surface area contributed by atoms with Crippen molar-refractivity contribution >= 4 is 34.6 Å². The molecule has 0 saturated carbocycles. The molecule has 9 nitrogen and oxygen atoms in total. The Labute approximate surface area is 145 Å². The normalized spacial score (nSPS) is 9.92. The Morgan fingerprint density at radius 1 is 1.16 bits per heavy atom. The number of nitrogens with zero attached hydrogens (tertiary/aromatic N) is 3. The molecule has 126 valence electrons. The molecule has 0 unspecified atom stereocenters. The summed E-state index contributed by atoms with van der Waals surface area (Å²) in [7, 11) is 0. The molecule has 2 aromatic carbocycles. The second kappa shape index (κ2) is 7.37. The first-order valence-corrected chi connectivity index (χ1v) is 7.11. The van der Waals surface area contributed by atoms with Crippen molar-refractivity contribution < 1.29 is 14.6 Å². The van der Waals surface area contributed by atoms with Crippen LogP contribution in [0.15, 0.2) is 36.4 Å². The van der Waals surface area contributed by atoms with E-state index < -0.39 is 27.1 Å². The van der Waals surface area contributed by atoms with Gasteiger partial charge >= 0.3 is 0 Å². The quantitative estimate of drug-likeness (QED) is 0.641. The number of rotatable bonds is 5. The Bertz CT molecular complexity index is 923. The molecule has 0 saturated heterocycles. The van der Waals surface area contributed by atoms with E-state index >= 15 is 0 Å². The van der Waals surface area contributed by atoms with Crippen molar-refractivity contribution in [1.29, 1.82) is 5.26 Å². The zero-order valence-corrected chi connectivity index (χ0v) is 13.2. The van der Waals surface area contributed by atoms with Crippen molar-refractivity contribution in [1.82, 2.24) is 0 Å². The van der Waals surface area contributed by atoms with Crippen LogP contribution in [0.25, 0.3) is 0 Å². The summed E-state index contributed by atoms with van der Waals surface area (Å²) in [4.78, 5) is 32.3. The average molecular weight is 361 g/mol. The van der Waals surface area contributed by atoms with E-state index in [1.54, 1.807) is 0 Å². The fourth-order valence-electron chi connectivity index (χ4n) is 2.05. The van der Waals surface area contributed by atoms with Gasteiger partial charge < -0.3 is 5.32 Å². The summed E-state index contributed by atoms with van der Waals surface area (Å²) in [6.07, 6.45) is -0.355. The summed E-state index contributed by atoms with van der Waals surface area (Å²) in [6, 6.07) is 9.21. The minimum absolute atomic E-state index is 0.0350. The second-order valence-corrected chi connectivity index (χ2v) is 5.27. The standard InChI is InChI=1S/C15H9ClN4O5/c16-13-6-11(3-1-10(13)8-17)18-15(21)5-9-2-4-12(19(22)23)7-14(9)20(24)25/h1-4,6-7H,5H2,(H,18,21). The number of hydrogen-bond donors (Lipinski definition) is 1. The number of benzene rings is 2. The Morgan fingerprint density at radius 2 is 1.88 bits per heavy atom. The van der Waals surface area contributed by atoms with E-state index in [0.29, 0.717) is 5.69 Å². The van der Waals surface area contributed by atoms with Crippen LogP contribution in [0.1, 0.15) is 11.1 Å². The lowest BCUT2D eigenvalue weighted by atomic mass is 10.1. The van der Waals surface area contributed by atoms with Crippen LogP contribution in [-0.4, -0.2) is 15.8 Å². The van der Waals surface area contributed by atoms with Crippen molar-refractivity contribution in [3.05, 3.63) is 72.8 Å². The van der Waals surface area contributed by atoms with Gasteiger partial charge in [0.25, 0.3) is 11.4 Å². The fraction of sp³-hybridized carbons (Fsp3) is 0.0667. The first-order chi connectivity index (χ1) is 11.8. The summed E-state index contributed by atoms with van der Waals surface area (Å²) >= 11 is 5.86. The van der Waals surface area contributed by atoms with Gasteiger partial charge in [-0.05, 0) is 24.3 Å². The molecule has 0 fully saturated rings. The summed E-state index contributed by atoms with van der Waals surface area (Å²) < 4.78 is 0. The van der Waals surface area contributed by atoms with Gasteiger partial charge in [-0.3, -0.25) is 25.0 Å². The van der Waals surface area contributed by atoms with E-state index in [1.165, 1.54) is 24.3 Å². The van der Waals surface area contributed by atoms with E-state index in [-0.39, 0.29) is 22.6 Å². The van der Waals surface area contributed by atoms with Crippen LogP contribution < -0.4 is 5.32 Å². The summed E-state index contributed by atoms with van der Waals surface area (Å²) in [5.41, 5.74) is -0.353. The van der Waals surface area contributed by atoms with Crippen molar-refractivity contribution in [2.75, 3.05) is 5.32 Å². The number of anilines is 1. The maximum atomic E-state index is 12.1. The van der Waals surface area contributed by atoms with Crippen LogP contribution in [0.2, 0.25) is 5.02 Å². The Hall–Kier alpha value is -3.51. The molecule has 0 spiro atoms. The highest BCUT2D eigenvalue weighted by Crippen LogP contribution is 2.26. The third kappa shape index (κ3) is 4.27. The molecule has 2 rings (SSSR count). The van der Waals surface area contributed by atoms with Gasteiger partial charge in [-0.2, -0.15) is 5.26 Å². The smallest absolute Gasteiger partial charge is 0.279 e. The molecule has 0 heterocycles. The van der Waals surface area contributed by atoms with Gasteiger partial charge in [-0.25, -0.2) is 0 Å². The predicted molar refractivity (Wildman–Crippen MR) is 88.3 cm³/mol. The van der Waals surface area contributed by atoms with E-state index in [4.69, 9.17) is 16.9 Å². The third-order valence-corrected chi connectivity index (χ3v) is 3.51. The molecular weight excluding hydrogens is 352 g/mol. The lowest BCUT2D eigenvalue weighted by Crippen LogP contribution is -2.15. The molecule has 25 heavy (non-hydrogen) atoms.